The maximum atomic E-state index is 12.0. The van der Waals surface area contributed by atoms with Crippen LogP contribution in [-0.4, -0.2) is 16.0 Å². The second kappa shape index (κ2) is 5.42. The van der Waals surface area contributed by atoms with Crippen molar-refractivity contribution in [2.75, 3.05) is 5.32 Å². The van der Waals surface area contributed by atoms with Crippen molar-refractivity contribution < 1.29 is 9.32 Å². The Kier molecular flexibility index (Phi) is 4.01. The lowest BCUT2D eigenvalue weighted by atomic mass is 9.92. The van der Waals surface area contributed by atoms with Gasteiger partial charge in [0.15, 0.2) is 0 Å². The average molecular weight is 314 g/mol. The van der Waals surface area contributed by atoms with Crippen LogP contribution in [0.1, 0.15) is 36.8 Å². The Bertz CT molecular complexity index is 627. The molecule has 0 saturated carbocycles. The van der Waals surface area contributed by atoms with Crippen LogP contribution < -0.4 is 5.32 Å². The van der Waals surface area contributed by atoms with E-state index in [4.69, 9.17) is 27.7 Å². The minimum atomic E-state index is -0.396. The molecular weight excluding hydrogens is 301 g/mol. The normalized spacial score (nSPS) is 11.4. The van der Waals surface area contributed by atoms with Crippen molar-refractivity contribution in [2.45, 2.75) is 26.2 Å². The highest BCUT2D eigenvalue weighted by Gasteiger charge is 2.20. The number of anilines is 1. The highest BCUT2D eigenvalue weighted by Crippen LogP contribution is 2.24. The lowest BCUT2D eigenvalue weighted by molar-refractivity contribution is 0.102. The third kappa shape index (κ3) is 3.49. The number of amides is 1. The lowest BCUT2D eigenvalue weighted by Gasteiger charge is -2.12. The van der Waals surface area contributed by atoms with E-state index in [9.17, 15) is 4.79 Å². The first-order valence-electron chi connectivity index (χ1n) is 5.87. The Morgan fingerprint density at radius 3 is 2.30 bits per heavy atom. The largest absolute Gasteiger partial charge is 0.338 e. The molecule has 0 saturated heterocycles. The predicted molar refractivity (Wildman–Crippen MR) is 77.4 cm³/mol. The molecule has 2 heterocycles. The fraction of sp³-hybridized carbons (Fsp3) is 0.308. The van der Waals surface area contributed by atoms with Crippen LogP contribution in [0.15, 0.2) is 22.7 Å². The summed E-state index contributed by atoms with van der Waals surface area (Å²) in [6.45, 7) is 6.00. The van der Waals surface area contributed by atoms with Gasteiger partial charge in [0.2, 0.25) is 5.88 Å². The lowest BCUT2D eigenvalue weighted by Crippen LogP contribution is -2.12. The molecule has 20 heavy (non-hydrogen) atoms. The van der Waals surface area contributed by atoms with Crippen molar-refractivity contribution >= 4 is 35.0 Å². The van der Waals surface area contributed by atoms with E-state index in [1.165, 1.54) is 12.1 Å². The Labute approximate surface area is 126 Å². The smallest absolute Gasteiger partial charge is 0.258 e. The van der Waals surface area contributed by atoms with Gasteiger partial charge >= 0.3 is 0 Å². The number of hydrogen-bond donors (Lipinski definition) is 1. The summed E-state index contributed by atoms with van der Waals surface area (Å²) in [5.41, 5.74) is 0.887. The molecule has 0 aromatic carbocycles. The van der Waals surface area contributed by atoms with Crippen molar-refractivity contribution in [3.05, 3.63) is 39.8 Å². The summed E-state index contributed by atoms with van der Waals surface area (Å²) in [6.07, 6.45) is 0. The number of halogens is 2. The van der Waals surface area contributed by atoms with Gasteiger partial charge in [0.25, 0.3) is 5.91 Å². The number of aromatic nitrogens is 2. The molecule has 7 heteroatoms. The summed E-state index contributed by atoms with van der Waals surface area (Å²) in [5.74, 6) is -0.128. The Hall–Kier alpha value is -1.59. The second-order valence-corrected chi connectivity index (χ2v) is 6.06. The van der Waals surface area contributed by atoms with Gasteiger partial charge in [-0.15, -0.1) is 0 Å². The van der Waals surface area contributed by atoms with Crippen molar-refractivity contribution in [3.8, 4) is 0 Å². The van der Waals surface area contributed by atoms with Crippen molar-refractivity contribution in [1.82, 2.24) is 10.1 Å². The minimum absolute atomic E-state index is 0.149. The number of rotatable bonds is 2. The number of pyridine rings is 1. The maximum absolute atomic E-state index is 12.0. The maximum Gasteiger partial charge on any atom is 0.258 e. The molecule has 1 amide bonds. The first-order chi connectivity index (χ1) is 9.25. The number of nitrogens with zero attached hydrogens (tertiary/aromatic N) is 2. The molecule has 0 spiro atoms. The first-order valence-corrected chi connectivity index (χ1v) is 6.63. The number of nitrogens with one attached hydrogen (secondary N) is 1. The molecule has 0 radical (unpaired) electrons. The predicted octanol–water partition coefficient (Wildman–Crippen LogP) is 3.93. The summed E-state index contributed by atoms with van der Waals surface area (Å²) in [7, 11) is 0. The highest BCUT2D eigenvalue weighted by molar-refractivity contribution is 6.33. The van der Waals surface area contributed by atoms with E-state index >= 15 is 0 Å². The zero-order valence-corrected chi connectivity index (χ0v) is 12.7. The minimum Gasteiger partial charge on any atom is -0.338 e. The van der Waals surface area contributed by atoms with Gasteiger partial charge in [0.05, 0.1) is 5.69 Å². The molecule has 2 rings (SSSR count). The fourth-order valence-electron chi connectivity index (χ4n) is 1.47. The molecule has 106 valence electrons. The third-order valence-electron chi connectivity index (χ3n) is 2.54. The summed E-state index contributed by atoms with van der Waals surface area (Å²) in [4.78, 5) is 15.8. The van der Waals surface area contributed by atoms with Crippen LogP contribution >= 0.6 is 23.2 Å². The topological polar surface area (TPSA) is 68.0 Å². The van der Waals surface area contributed by atoms with Gasteiger partial charge in [-0.3, -0.25) is 10.1 Å². The molecule has 0 aliphatic rings. The van der Waals surface area contributed by atoms with Gasteiger partial charge in [0, 0.05) is 17.0 Å². The van der Waals surface area contributed by atoms with Gasteiger partial charge in [-0.1, -0.05) is 49.1 Å². The van der Waals surface area contributed by atoms with Crippen LogP contribution in [0, 0.1) is 0 Å². The van der Waals surface area contributed by atoms with Gasteiger partial charge in [-0.25, -0.2) is 4.98 Å². The Morgan fingerprint density at radius 1 is 1.20 bits per heavy atom. The van der Waals surface area contributed by atoms with Crippen LogP contribution in [0.4, 0.5) is 5.88 Å². The standard InChI is InChI=1S/C13H13Cl2N3O2/c1-13(2,3)8-6-11(20-18-8)17-12(19)7-4-9(14)16-10(15)5-7/h4-6H,1-3H3,(H,17,19). The highest BCUT2D eigenvalue weighted by atomic mass is 35.5. The van der Waals surface area contributed by atoms with E-state index in [1.807, 2.05) is 20.8 Å². The molecule has 0 aliphatic heterocycles. The van der Waals surface area contributed by atoms with Crippen molar-refractivity contribution in [3.63, 3.8) is 0 Å². The van der Waals surface area contributed by atoms with Gasteiger partial charge < -0.3 is 4.52 Å². The van der Waals surface area contributed by atoms with Gasteiger partial charge in [-0.2, -0.15) is 0 Å². The van der Waals surface area contributed by atoms with Crippen LogP contribution in [0.2, 0.25) is 10.3 Å². The van der Waals surface area contributed by atoms with E-state index in [2.05, 4.69) is 15.5 Å². The summed E-state index contributed by atoms with van der Waals surface area (Å²) in [5, 5.41) is 6.80. The van der Waals surface area contributed by atoms with E-state index in [0.717, 1.165) is 5.69 Å². The molecule has 0 aliphatic carbocycles. The van der Waals surface area contributed by atoms with Crippen molar-refractivity contribution in [2.24, 2.45) is 0 Å². The second-order valence-electron chi connectivity index (χ2n) is 5.28. The molecule has 0 bridgehead atoms. The van der Waals surface area contributed by atoms with Crippen LogP contribution in [-0.2, 0) is 5.41 Å². The monoisotopic (exact) mass is 313 g/mol. The van der Waals surface area contributed by atoms with Crippen LogP contribution in [0.25, 0.3) is 0 Å². The zero-order chi connectivity index (χ0) is 14.9. The molecule has 1 N–H and O–H groups in total. The fourth-order valence-corrected chi connectivity index (χ4v) is 1.93. The van der Waals surface area contributed by atoms with Gasteiger partial charge in [0.1, 0.15) is 10.3 Å². The average Bonchev–Trinajstić information content (AvgIpc) is 2.75. The van der Waals surface area contributed by atoms with E-state index in [1.54, 1.807) is 6.07 Å². The number of carbonyl (C=O) groups excluding carboxylic acids is 1. The summed E-state index contributed by atoms with van der Waals surface area (Å²) in [6, 6.07) is 4.52. The molecule has 2 aromatic heterocycles. The quantitative estimate of drug-likeness (QED) is 0.853. The zero-order valence-electron chi connectivity index (χ0n) is 11.2. The van der Waals surface area contributed by atoms with Crippen molar-refractivity contribution in [1.29, 1.82) is 0 Å². The van der Waals surface area contributed by atoms with Crippen LogP contribution in [0.3, 0.4) is 0 Å². The number of carbonyl (C=O) groups is 1. The molecule has 0 unspecified atom stereocenters. The van der Waals surface area contributed by atoms with E-state index < -0.39 is 5.91 Å². The molecule has 0 atom stereocenters. The molecule has 0 fully saturated rings. The summed E-state index contributed by atoms with van der Waals surface area (Å²) >= 11 is 11.5. The van der Waals surface area contributed by atoms with Gasteiger partial charge in [-0.05, 0) is 12.1 Å². The molecular formula is C13H13Cl2N3O2. The third-order valence-corrected chi connectivity index (χ3v) is 2.93. The Balaban J connectivity index is 2.17. The molecule has 5 nitrogen and oxygen atoms in total. The SMILES string of the molecule is CC(C)(C)c1cc(NC(=O)c2cc(Cl)nc(Cl)c2)on1. The number of hydrogen-bond acceptors (Lipinski definition) is 4. The van der Waals surface area contributed by atoms with E-state index in [-0.39, 0.29) is 21.6 Å². The Morgan fingerprint density at radius 2 is 1.80 bits per heavy atom. The van der Waals surface area contributed by atoms with E-state index in [0.29, 0.717) is 5.56 Å². The summed E-state index contributed by atoms with van der Waals surface area (Å²) < 4.78 is 5.08. The first kappa shape index (κ1) is 14.8. The van der Waals surface area contributed by atoms with Crippen LogP contribution in [0.5, 0.6) is 0 Å². The molecule has 2 aromatic rings.